The Hall–Kier alpha value is -1.10. The van der Waals surface area contributed by atoms with Crippen molar-refractivity contribution in [3.63, 3.8) is 0 Å². The van der Waals surface area contributed by atoms with E-state index in [1.165, 1.54) is 12.3 Å². The predicted molar refractivity (Wildman–Crippen MR) is 79.9 cm³/mol. The Morgan fingerprint density at radius 2 is 2.05 bits per heavy atom. The van der Waals surface area contributed by atoms with Gasteiger partial charge in [0.15, 0.2) is 5.78 Å². The molecule has 0 spiro atoms. The topological polar surface area (TPSA) is 47.8 Å². The zero-order valence-electron chi connectivity index (χ0n) is 11.0. The monoisotopic (exact) mass is 331 g/mol. The summed E-state index contributed by atoms with van der Waals surface area (Å²) in [6.07, 6.45) is 2.19. The van der Waals surface area contributed by atoms with Gasteiger partial charge in [-0.1, -0.05) is 41.7 Å². The van der Waals surface area contributed by atoms with E-state index in [9.17, 15) is 4.79 Å². The minimum absolute atomic E-state index is 0.0939. The molecule has 7 heteroatoms. The van der Waals surface area contributed by atoms with Gasteiger partial charge in [-0.2, -0.15) is 5.10 Å². The molecule has 0 saturated heterocycles. The number of nitrogens with zero attached hydrogens (tertiary/aromatic N) is 3. The molecule has 4 nitrogen and oxygen atoms in total. The van der Waals surface area contributed by atoms with Gasteiger partial charge in [-0.05, 0) is 12.5 Å². The molecule has 0 aliphatic rings. The lowest BCUT2D eigenvalue weighted by molar-refractivity contribution is 0.0986. The molecule has 0 N–H and O–H groups in total. The van der Waals surface area contributed by atoms with E-state index in [0.29, 0.717) is 22.2 Å². The summed E-state index contributed by atoms with van der Waals surface area (Å²) in [6.45, 7) is 1.96. The minimum atomic E-state index is -0.223. The normalized spacial score (nSPS) is 10.8. The van der Waals surface area contributed by atoms with Crippen LogP contribution in [0.5, 0.6) is 0 Å². The number of Topliss-reactive ketones (excluding diaryl/α,β-unsaturated/α-hetero) is 1. The van der Waals surface area contributed by atoms with E-state index in [1.54, 1.807) is 11.7 Å². The van der Waals surface area contributed by atoms with Gasteiger partial charge < -0.3 is 0 Å². The number of carbonyl (C=O) groups excluding carboxylic acids is 1. The number of ketones is 1. The van der Waals surface area contributed by atoms with E-state index in [0.717, 1.165) is 5.69 Å². The number of hydrogen-bond donors (Lipinski definition) is 0. The molecule has 2 aromatic rings. The lowest BCUT2D eigenvalue weighted by Gasteiger charge is -2.04. The van der Waals surface area contributed by atoms with Crippen molar-refractivity contribution in [2.24, 2.45) is 7.05 Å². The van der Waals surface area contributed by atoms with Gasteiger partial charge in [0.25, 0.3) is 0 Å². The van der Waals surface area contributed by atoms with Gasteiger partial charge in [0.05, 0.1) is 32.9 Å². The van der Waals surface area contributed by atoms with E-state index < -0.39 is 0 Å². The van der Waals surface area contributed by atoms with Crippen molar-refractivity contribution in [2.75, 3.05) is 0 Å². The van der Waals surface area contributed by atoms with Crippen molar-refractivity contribution in [3.8, 4) is 0 Å². The number of aryl methyl sites for hydroxylation is 2. The zero-order valence-corrected chi connectivity index (χ0v) is 13.2. The van der Waals surface area contributed by atoms with Gasteiger partial charge in [-0.15, -0.1) is 0 Å². The summed E-state index contributed by atoms with van der Waals surface area (Å²) in [6, 6.07) is 1.49. The Morgan fingerprint density at radius 3 is 2.60 bits per heavy atom. The average Bonchev–Trinajstić information content (AvgIpc) is 2.66. The third-order valence-corrected chi connectivity index (χ3v) is 3.83. The molecule has 0 radical (unpaired) electrons. The molecular formula is C13H12Cl3N3O. The molecule has 0 aliphatic heterocycles. The first kappa shape index (κ1) is 15.3. The second-order valence-corrected chi connectivity index (χ2v) is 5.49. The molecular weight excluding hydrogens is 321 g/mol. The highest BCUT2D eigenvalue weighted by Gasteiger charge is 2.19. The summed E-state index contributed by atoms with van der Waals surface area (Å²) in [5.74, 6) is -0.223. The Kier molecular flexibility index (Phi) is 4.68. The molecule has 0 saturated carbocycles. The van der Waals surface area contributed by atoms with Gasteiger partial charge in [0.1, 0.15) is 5.69 Å². The highest BCUT2D eigenvalue weighted by molar-refractivity contribution is 6.36. The van der Waals surface area contributed by atoms with E-state index in [1.807, 2.05) is 6.92 Å². The molecule has 0 amide bonds. The molecule has 2 heterocycles. The quantitative estimate of drug-likeness (QED) is 0.801. The predicted octanol–water partition coefficient (Wildman–Crippen LogP) is 3.76. The molecule has 106 valence electrons. The smallest absolute Gasteiger partial charge is 0.188 e. The van der Waals surface area contributed by atoms with Crippen LogP contribution in [0.4, 0.5) is 0 Å². The Bertz CT molecular complexity index is 667. The van der Waals surface area contributed by atoms with Crippen molar-refractivity contribution in [1.29, 1.82) is 0 Å². The minimum Gasteiger partial charge on any atom is -0.292 e. The fourth-order valence-electron chi connectivity index (χ4n) is 1.87. The van der Waals surface area contributed by atoms with Crippen LogP contribution in [0, 0.1) is 0 Å². The lowest BCUT2D eigenvalue weighted by atomic mass is 10.1. The fourth-order valence-corrected chi connectivity index (χ4v) is 2.71. The number of rotatable bonds is 4. The van der Waals surface area contributed by atoms with Gasteiger partial charge in [0.2, 0.25) is 0 Å². The van der Waals surface area contributed by atoms with Crippen LogP contribution >= 0.6 is 34.8 Å². The van der Waals surface area contributed by atoms with E-state index >= 15 is 0 Å². The number of pyridine rings is 1. The zero-order chi connectivity index (χ0) is 14.9. The van der Waals surface area contributed by atoms with Gasteiger partial charge in [-0.3, -0.25) is 9.48 Å². The summed E-state index contributed by atoms with van der Waals surface area (Å²) >= 11 is 18.0. The molecule has 0 fully saturated rings. The number of aromatic nitrogens is 3. The van der Waals surface area contributed by atoms with Crippen LogP contribution in [-0.2, 0) is 19.9 Å². The van der Waals surface area contributed by atoms with E-state index in [2.05, 4.69) is 10.1 Å². The SMILES string of the molecule is CCc1nn(C)c(CC(=O)c2ncc(Cl)cc2Cl)c1Cl. The van der Waals surface area contributed by atoms with Crippen LogP contribution < -0.4 is 0 Å². The van der Waals surface area contributed by atoms with Crippen LogP contribution in [0.1, 0.15) is 28.8 Å². The Morgan fingerprint density at radius 1 is 1.35 bits per heavy atom. The molecule has 0 unspecified atom stereocenters. The van der Waals surface area contributed by atoms with E-state index in [4.69, 9.17) is 34.8 Å². The number of halogens is 3. The van der Waals surface area contributed by atoms with Gasteiger partial charge in [0, 0.05) is 13.2 Å². The summed E-state index contributed by atoms with van der Waals surface area (Å²) < 4.78 is 1.61. The highest BCUT2D eigenvalue weighted by atomic mass is 35.5. The molecule has 2 rings (SSSR count). The van der Waals surface area contributed by atoms with Crippen LogP contribution in [0.25, 0.3) is 0 Å². The van der Waals surface area contributed by atoms with Crippen molar-refractivity contribution >= 4 is 40.6 Å². The largest absolute Gasteiger partial charge is 0.292 e. The summed E-state index contributed by atoms with van der Waals surface area (Å²) in [5.41, 5.74) is 1.61. The van der Waals surface area contributed by atoms with Gasteiger partial charge in [-0.25, -0.2) is 4.98 Å². The van der Waals surface area contributed by atoms with Crippen LogP contribution in [0.3, 0.4) is 0 Å². The molecule has 0 aromatic carbocycles. The first-order chi connectivity index (χ1) is 9.43. The van der Waals surface area contributed by atoms with Crippen LogP contribution in [0.2, 0.25) is 15.1 Å². The number of hydrogen-bond acceptors (Lipinski definition) is 3. The lowest BCUT2D eigenvalue weighted by Crippen LogP contribution is -2.10. The maximum Gasteiger partial charge on any atom is 0.188 e. The Balaban J connectivity index is 2.30. The van der Waals surface area contributed by atoms with Crippen molar-refractivity contribution in [2.45, 2.75) is 19.8 Å². The maximum absolute atomic E-state index is 12.3. The molecule has 2 aromatic heterocycles. The van der Waals surface area contributed by atoms with E-state index in [-0.39, 0.29) is 22.9 Å². The fraction of sp³-hybridized carbons (Fsp3) is 0.308. The van der Waals surface area contributed by atoms with Crippen molar-refractivity contribution < 1.29 is 4.79 Å². The highest BCUT2D eigenvalue weighted by Crippen LogP contribution is 2.24. The van der Waals surface area contributed by atoms with Crippen LogP contribution in [-0.4, -0.2) is 20.5 Å². The third kappa shape index (κ3) is 2.97. The van der Waals surface area contributed by atoms with Crippen LogP contribution in [0.15, 0.2) is 12.3 Å². The standard InChI is InChI=1S/C13H12Cl3N3O/c1-3-9-12(16)10(19(2)18-9)5-11(20)13-8(15)4-7(14)6-17-13/h4,6H,3,5H2,1-2H3. The summed E-state index contributed by atoms with van der Waals surface area (Å²) in [5, 5.41) is 5.41. The summed E-state index contributed by atoms with van der Waals surface area (Å²) in [7, 11) is 1.75. The summed E-state index contributed by atoms with van der Waals surface area (Å²) in [4.78, 5) is 16.2. The maximum atomic E-state index is 12.3. The second kappa shape index (κ2) is 6.12. The number of carbonyl (C=O) groups is 1. The van der Waals surface area contributed by atoms with Crippen molar-refractivity contribution in [1.82, 2.24) is 14.8 Å². The van der Waals surface area contributed by atoms with Crippen molar-refractivity contribution in [3.05, 3.63) is 44.4 Å². The first-order valence-electron chi connectivity index (χ1n) is 5.98. The first-order valence-corrected chi connectivity index (χ1v) is 7.11. The average molecular weight is 333 g/mol. The second-order valence-electron chi connectivity index (χ2n) is 4.27. The molecule has 20 heavy (non-hydrogen) atoms. The molecule has 0 bridgehead atoms. The molecule has 0 atom stereocenters. The third-order valence-electron chi connectivity index (χ3n) is 2.90. The Labute approximate surface area is 131 Å². The van der Waals surface area contributed by atoms with Gasteiger partial charge >= 0.3 is 0 Å². The molecule has 0 aliphatic carbocycles.